The van der Waals surface area contributed by atoms with Crippen LogP contribution in [-0.4, -0.2) is 78.6 Å². The molecule has 1 atom stereocenters. The summed E-state index contributed by atoms with van der Waals surface area (Å²) in [5.41, 5.74) is 0.484. The predicted octanol–water partition coefficient (Wildman–Crippen LogP) is 7.26. The molecule has 0 aliphatic carbocycles. The number of aliphatic carboxylic acids is 1. The SMILES string of the molecule is CN([C@@H](CCC[N+](C)(C)C)C(=O)O)S(=O)(=O)c1cc(F)c(CSc2ncc(C(C)(C)c3ccc(F)c(Cl)c3)n2-c2ccc(F)cc2)c(F)c1. The van der Waals surface area contributed by atoms with Crippen LogP contribution in [0.4, 0.5) is 17.6 Å². The normalized spacial score (nSPS) is 13.2. The lowest BCUT2D eigenvalue weighted by molar-refractivity contribution is -0.870. The topological polar surface area (TPSA) is 92.5 Å². The molecular weight excluding hydrogens is 704 g/mol. The molecule has 4 aromatic rings. The van der Waals surface area contributed by atoms with Gasteiger partial charge in [-0.1, -0.05) is 43.3 Å². The largest absolute Gasteiger partial charge is 0.480 e. The number of likely N-dealkylation sites (N-methyl/N-ethyl adjacent to an activating group) is 1. The highest BCUT2D eigenvalue weighted by molar-refractivity contribution is 7.98. The first kappa shape index (κ1) is 38.4. The minimum absolute atomic E-state index is 0.00790. The average Bonchev–Trinajstić information content (AvgIpc) is 3.44. The molecule has 0 saturated heterocycles. The van der Waals surface area contributed by atoms with E-state index >= 15 is 8.78 Å². The summed E-state index contributed by atoms with van der Waals surface area (Å²) in [6, 6.07) is 9.77. The maximum atomic E-state index is 15.5. The number of benzene rings is 3. The second-order valence-electron chi connectivity index (χ2n) is 13.2. The highest BCUT2D eigenvalue weighted by Crippen LogP contribution is 2.38. The van der Waals surface area contributed by atoms with Crippen molar-refractivity contribution in [2.75, 3.05) is 34.7 Å². The predicted molar refractivity (Wildman–Crippen MR) is 181 cm³/mol. The standard InChI is InChI=1S/C34H37ClF4N4O4S2/c1-34(2,21-9-14-27(37)26(35)16-21)31-19-40-33(42(31)23-12-10-22(36)11-13-23)48-20-25-28(38)17-24(18-29(25)39)49(46,47)41(3)30(32(44)45)8-7-15-43(4,5)6/h9-14,16-19,30H,7-8,15,20H2,1-6H3/p+1/t30-/m0/s1. The Hall–Kier alpha value is -3.43. The zero-order valence-corrected chi connectivity index (χ0v) is 30.2. The number of aromatic nitrogens is 2. The molecule has 0 aliphatic heterocycles. The number of thioether (sulfide) groups is 1. The molecule has 15 heteroatoms. The average molecular weight is 742 g/mol. The van der Waals surface area contributed by atoms with E-state index in [4.69, 9.17) is 11.6 Å². The Balaban J connectivity index is 1.65. The summed E-state index contributed by atoms with van der Waals surface area (Å²) in [5.74, 6) is -5.03. The van der Waals surface area contributed by atoms with E-state index in [0.717, 1.165) is 18.8 Å². The quantitative estimate of drug-likeness (QED) is 0.0832. The first-order valence-electron chi connectivity index (χ1n) is 15.2. The Morgan fingerprint density at radius 2 is 1.63 bits per heavy atom. The highest BCUT2D eigenvalue weighted by atomic mass is 35.5. The first-order chi connectivity index (χ1) is 22.7. The Bertz CT molecular complexity index is 1930. The van der Waals surface area contributed by atoms with Gasteiger partial charge in [-0.3, -0.25) is 9.36 Å². The summed E-state index contributed by atoms with van der Waals surface area (Å²) in [5, 5.41) is 9.98. The van der Waals surface area contributed by atoms with Crippen LogP contribution in [0.15, 0.2) is 70.8 Å². The number of halogens is 5. The van der Waals surface area contributed by atoms with E-state index in [-0.39, 0.29) is 22.4 Å². The molecule has 1 aromatic heterocycles. The van der Waals surface area contributed by atoms with Crippen molar-refractivity contribution in [3.63, 3.8) is 0 Å². The van der Waals surface area contributed by atoms with Crippen molar-refractivity contribution in [2.24, 2.45) is 0 Å². The fourth-order valence-corrected chi connectivity index (χ4v) is 7.86. The van der Waals surface area contributed by atoms with Crippen LogP contribution in [0.2, 0.25) is 5.02 Å². The number of imidazole rings is 1. The molecule has 0 radical (unpaired) electrons. The third-order valence-corrected chi connectivity index (χ3v) is 11.4. The van der Waals surface area contributed by atoms with Gasteiger partial charge >= 0.3 is 5.97 Å². The Morgan fingerprint density at radius 1 is 1.02 bits per heavy atom. The maximum Gasteiger partial charge on any atom is 0.322 e. The Kier molecular flexibility index (Phi) is 11.6. The van der Waals surface area contributed by atoms with Gasteiger partial charge in [0, 0.05) is 29.5 Å². The molecule has 0 saturated carbocycles. The van der Waals surface area contributed by atoms with Crippen LogP contribution in [0.25, 0.3) is 5.69 Å². The summed E-state index contributed by atoms with van der Waals surface area (Å²) in [7, 11) is 2.24. The van der Waals surface area contributed by atoms with Crippen molar-refractivity contribution in [1.82, 2.24) is 13.9 Å². The van der Waals surface area contributed by atoms with Gasteiger partial charge in [0.1, 0.15) is 29.3 Å². The van der Waals surface area contributed by atoms with Crippen LogP contribution in [0, 0.1) is 23.3 Å². The van der Waals surface area contributed by atoms with Crippen LogP contribution in [0.3, 0.4) is 0 Å². The second kappa shape index (κ2) is 14.8. The molecule has 0 fully saturated rings. The molecule has 49 heavy (non-hydrogen) atoms. The van der Waals surface area contributed by atoms with E-state index in [9.17, 15) is 27.1 Å². The molecule has 0 unspecified atom stereocenters. The summed E-state index contributed by atoms with van der Waals surface area (Å²) in [6.07, 6.45) is 1.97. The third-order valence-electron chi connectivity index (χ3n) is 8.26. The zero-order chi connectivity index (χ0) is 36.5. The van der Waals surface area contributed by atoms with Crippen molar-refractivity contribution in [3.8, 4) is 5.69 Å². The molecule has 0 amide bonds. The van der Waals surface area contributed by atoms with E-state index in [0.29, 0.717) is 50.8 Å². The summed E-state index contributed by atoms with van der Waals surface area (Å²) in [4.78, 5) is 15.8. The van der Waals surface area contributed by atoms with Gasteiger partial charge in [-0.25, -0.2) is 31.0 Å². The van der Waals surface area contributed by atoms with Crippen LogP contribution >= 0.6 is 23.4 Å². The number of quaternary nitrogens is 1. The van der Waals surface area contributed by atoms with E-state index < -0.39 is 61.2 Å². The smallest absolute Gasteiger partial charge is 0.322 e. The van der Waals surface area contributed by atoms with Crippen LogP contribution in [-0.2, 0) is 26.0 Å². The third kappa shape index (κ3) is 8.66. The lowest BCUT2D eigenvalue weighted by Crippen LogP contribution is -2.43. The molecule has 3 aromatic carbocycles. The number of carboxylic acids is 1. The van der Waals surface area contributed by atoms with Crippen molar-refractivity contribution in [2.45, 2.75) is 54.0 Å². The second-order valence-corrected chi connectivity index (χ2v) is 16.5. The molecule has 1 N–H and O–H groups in total. The number of rotatable bonds is 14. The Labute approximate surface area is 293 Å². The molecule has 8 nitrogen and oxygen atoms in total. The van der Waals surface area contributed by atoms with Gasteiger partial charge in [0.15, 0.2) is 5.16 Å². The van der Waals surface area contributed by atoms with Crippen LogP contribution in [0.1, 0.15) is 43.5 Å². The summed E-state index contributed by atoms with van der Waals surface area (Å²) < 4.78 is 88.4. The molecular formula is C34H38ClF4N4O4S2+. The van der Waals surface area contributed by atoms with Gasteiger partial charge in [0.25, 0.3) is 0 Å². The number of carbonyl (C=O) groups is 1. The number of carboxylic acid groups (broad SMARTS) is 1. The van der Waals surface area contributed by atoms with Gasteiger partial charge in [-0.2, -0.15) is 4.31 Å². The number of sulfonamides is 1. The summed E-state index contributed by atoms with van der Waals surface area (Å²) >= 11 is 7.03. The Morgan fingerprint density at radius 3 is 2.18 bits per heavy atom. The number of hydrogen-bond donors (Lipinski definition) is 1. The molecule has 4 rings (SSSR count). The fourth-order valence-electron chi connectivity index (χ4n) is 5.31. The monoisotopic (exact) mass is 741 g/mol. The first-order valence-corrected chi connectivity index (χ1v) is 18.0. The molecule has 0 spiro atoms. The van der Waals surface area contributed by atoms with Gasteiger partial charge in [0.2, 0.25) is 10.0 Å². The van der Waals surface area contributed by atoms with E-state index in [2.05, 4.69) is 4.98 Å². The fraction of sp³-hybridized carbons (Fsp3) is 0.353. The lowest BCUT2D eigenvalue weighted by atomic mass is 9.81. The van der Waals surface area contributed by atoms with E-state index in [1.807, 2.05) is 35.0 Å². The summed E-state index contributed by atoms with van der Waals surface area (Å²) in [6.45, 7) is 4.30. The van der Waals surface area contributed by atoms with Gasteiger partial charge < -0.3 is 9.59 Å². The van der Waals surface area contributed by atoms with Crippen molar-refractivity contribution in [1.29, 1.82) is 0 Å². The van der Waals surface area contributed by atoms with Gasteiger partial charge in [-0.05, 0) is 66.9 Å². The van der Waals surface area contributed by atoms with Crippen LogP contribution < -0.4 is 0 Å². The van der Waals surface area contributed by atoms with Crippen molar-refractivity contribution in [3.05, 3.63) is 106 Å². The molecule has 264 valence electrons. The van der Waals surface area contributed by atoms with Gasteiger partial charge in [0.05, 0.1) is 49.5 Å². The zero-order valence-electron chi connectivity index (χ0n) is 27.8. The minimum Gasteiger partial charge on any atom is -0.480 e. The maximum absolute atomic E-state index is 15.5. The van der Waals surface area contributed by atoms with Crippen molar-refractivity contribution >= 4 is 39.4 Å². The lowest BCUT2D eigenvalue weighted by Gasteiger charge is -2.28. The number of nitrogens with zero attached hydrogens (tertiary/aromatic N) is 4. The molecule has 1 heterocycles. The molecule has 0 bridgehead atoms. The minimum atomic E-state index is -4.59. The van der Waals surface area contributed by atoms with E-state index in [1.165, 1.54) is 36.4 Å². The molecule has 0 aliphatic rings. The van der Waals surface area contributed by atoms with Gasteiger partial charge in [-0.15, -0.1) is 0 Å². The highest BCUT2D eigenvalue weighted by Gasteiger charge is 2.35. The van der Waals surface area contributed by atoms with Crippen LogP contribution in [0.5, 0.6) is 0 Å². The number of hydrogen-bond acceptors (Lipinski definition) is 5. The van der Waals surface area contributed by atoms with Crippen molar-refractivity contribution < 1.29 is 40.4 Å². The van der Waals surface area contributed by atoms with E-state index in [1.54, 1.807) is 16.8 Å².